The van der Waals surface area contributed by atoms with Crippen molar-refractivity contribution in [3.63, 3.8) is 0 Å². The van der Waals surface area contributed by atoms with Crippen LogP contribution in [0.5, 0.6) is 5.75 Å². The van der Waals surface area contributed by atoms with Crippen LogP contribution < -0.4 is 15.5 Å². The minimum atomic E-state index is 0.643. The Balaban J connectivity index is 2.55. The summed E-state index contributed by atoms with van der Waals surface area (Å²) >= 11 is 0. The maximum Gasteiger partial charge on any atom is 0.270 e. The molecule has 0 fully saturated rings. The maximum absolute atomic E-state index is 5.85. The highest BCUT2D eigenvalue weighted by Gasteiger charge is 2.14. The van der Waals surface area contributed by atoms with Gasteiger partial charge in [0.25, 0.3) is 5.82 Å². The van der Waals surface area contributed by atoms with Crippen LogP contribution in [0.1, 0.15) is 18.1 Å². The van der Waals surface area contributed by atoms with Gasteiger partial charge in [-0.15, -0.1) is 0 Å². The molecule has 0 saturated heterocycles. The number of hydrogen-bond donors (Lipinski definition) is 1. The summed E-state index contributed by atoms with van der Waals surface area (Å²) in [6, 6.07) is 10.1. The lowest BCUT2D eigenvalue weighted by Crippen LogP contribution is -2.15. The molecule has 2 rings (SSSR count). The Morgan fingerprint density at radius 2 is 1.95 bits per heavy atom. The lowest BCUT2D eigenvalue weighted by molar-refractivity contribution is -0.346. The largest absolute Gasteiger partial charge is 0.496 e. The zero-order valence-corrected chi connectivity index (χ0v) is 13.2. The number of hydrogen-bond acceptors (Lipinski definition) is 3. The van der Waals surface area contributed by atoms with Gasteiger partial charge in [-0.05, 0) is 55.9 Å². The minimum absolute atomic E-state index is 0.643. The standard InChI is InChI=1S/C17H23N3O/c1-5-12-9-14(15-7-6-8-17(18)19-15)16(21-4)10-13(12)11-20(2)3/h6-10H,5,11H2,1-4H3,(H2,18,19)/p+1. The Morgan fingerprint density at radius 1 is 1.19 bits per heavy atom. The average molecular weight is 286 g/mol. The molecule has 1 aromatic carbocycles. The first-order valence-corrected chi connectivity index (χ1v) is 7.17. The second kappa shape index (κ2) is 6.59. The fourth-order valence-electron chi connectivity index (χ4n) is 2.51. The number of H-pyrrole nitrogens is 1. The van der Waals surface area contributed by atoms with Crippen molar-refractivity contribution >= 4 is 5.82 Å². The molecule has 0 aliphatic rings. The molecule has 3 N–H and O–H groups in total. The van der Waals surface area contributed by atoms with E-state index in [9.17, 15) is 0 Å². The molecule has 0 radical (unpaired) electrons. The Bertz CT molecular complexity index is 623. The number of nitrogens with two attached hydrogens (primary N) is 1. The normalized spacial score (nSPS) is 10.9. The molecule has 0 unspecified atom stereocenters. The molecular formula is C17H24N3O+. The summed E-state index contributed by atoms with van der Waals surface area (Å²) < 4.78 is 5.58. The van der Waals surface area contributed by atoms with Crippen LogP contribution in [0.4, 0.5) is 5.82 Å². The SMILES string of the molecule is CCc1cc(-c2cccc(N)[nH+]2)c(OC)cc1CN(C)C. The predicted molar refractivity (Wildman–Crippen MR) is 86.2 cm³/mol. The van der Waals surface area contributed by atoms with Crippen molar-refractivity contribution in [3.05, 3.63) is 41.5 Å². The predicted octanol–water partition coefficient (Wildman–Crippen LogP) is 2.38. The summed E-state index contributed by atoms with van der Waals surface area (Å²) in [7, 11) is 5.85. The highest BCUT2D eigenvalue weighted by molar-refractivity contribution is 5.67. The number of ether oxygens (including phenoxy) is 1. The van der Waals surface area contributed by atoms with Crippen LogP contribution >= 0.6 is 0 Å². The van der Waals surface area contributed by atoms with E-state index in [4.69, 9.17) is 10.5 Å². The molecule has 0 aliphatic heterocycles. The van der Waals surface area contributed by atoms with Crippen molar-refractivity contribution in [1.29, 1.82) is 0 Å². The molecule has 0 amide bonds. The molecule has 0 aliphatic carbocycles. The Hall–Kier alpha value is -2.07. The van der Waals surface area contributed by atoms with E-state index in [2.05, 4.69) is 43.0 Å². The number of methoxy groups -OCH3 is 1. The summed E-state index contributed by atoms with van der Waals surface area (Å²) in [5, 5.41) is 0. The van der Waals surface area contributed by atoms with Crippen molar-refractivity contribution in [3.8, 4) is 17.0 Å². The number of nitrogen functional groups attached to an aromatic ring is 1. The van der Waals surface area contributed by atoms with Crippen LogP contribution in [0, 0.1) is 0 Å². The topological polar surface area (TPSA) is 52.6 Å². The van der Waals surface area contributed by atoms with Crippen molar-refractivity contribution in [2.24, 2.45) is 0 Å². The van der Waals surface area contributed by atoms with Gasteiger partial charge in [-0.1, -0.05) is 6.92 Å². The number of benzene rings is 1. The van der Waals surface area contributed by atoms with Crippen molar-refractivity contribution in [2.75, 3.05) is 26.9 Å². The molecule has 1 heterocycles. The van der Waals surface area contributed by atoms with Gasteiger partial charge in [-0.2, -0.15) is 0 Å². The van der Waals surface area contributed by atoms with E-state index >= 15 is 0 Å². The summed E-state index contributed by atoms with van der Waals surface area (Å²) in [5.74, 6) is 1.51. The first-order chi connectivity index (χ1) is 10.0. The van der Waals surface area contributed by atoms with Gasteiger partial charge in [-0.3, -0.25) is 5.73 Å². The van der Waals surface area contributed by atoms with Crippen LogP contribution in [0.15, 0.2) is 30.3 Å². The van der Waals surface area contributed by atoms with E-state index < -0.39 is 0 Å². The van der Waals surface area contributed by atoms with Crippen molar-refractivity contribution < 1.29 is 9.72 Å². The van der Waals surface area contributed by atoms with Gasteiger partial charge < -0.3 is 9.64 Å². The molecule has 0 saturated carbocycles. The minimum Gasteiger partial charge on any atom is -0.496 e. The molecule has 21 heavy (non-hydrogen) atoms. The number of nitrogens with one attached hydrogen (secondary N) is 1. The summed E-state index contributed by atoms with van der Waals surface area (Å²) in [4.78, 5) is 5.36. The van der Waals surface area contributed by atoms with E-state index in [0.717, 1.165) is 30.0 Å². The zero-order chi connectivity index (χ0) is 15.4. The molecule has 4 nitrogen and oxygen atoms in total. The smallest absolute Gasteiger partial charge is 0.270 e. The highest BCUT2D eigenvalue weighted by Crippen LogP contribution is 2.31. The van der Waals surface area contributed by atoms with Gasteiger partial charge >= 0.3 is 0 Å². The zero-order valence-electron chi connectivity index (χ0n) is 13.2. The summed E-state index contributed by atoms with van der Waals surface area (Å²) in [6.45, 7) is 3.08. The Morgan fingerprint density at radius 3 is 2.52 bits per heavy atom. The second-order valence-electron chi connectivity index (χ2n) is 5.43. The highest BCUT2D eigenvalue weighted by atomic mass is 16.5. The van der Waals surface area contributed by atoms with Crippen molar-refractivity contribution in [2.45, 2.75) is 19.9 Å². The van der Waals surface area contributed by atoms with Crippen LogP contribution in [-0.4, -0.2) is 26.1 Å². The number of anilines is 1. The molecule has 2 aromatic rings. The maximum atomic E-state index is 5.85. The monoisotopic (exact) mass is 286 g/mol. The quantitative estimate of drug-likeness (QED) is 0.918. The number of aromatic amines is 1. The third-order valence-electron chi connectivity index (χ3n) is 3.50. The van der Waals surface area contributed by atoms with Crippen LogP contribution in [-0.2, 0) is 13.0 Å². The summed E-state index contributed by atoms with van der Waals surface area (Å²) in [5.41, 5.74) is 10.5. The number of nitrogens with zero attached hydrogens (tertiary/aromatic N) is 1. The molecule has 1 aromatic heterocycles. The summed E-state index contributed by atoms with van der Waals surface area (Å²) in [6.07, 6.45) is 0.989. The first-order valence-electron chi connectivity index (χ1n) is 7.17. The van der Waals surface area contributed by atoms with Gasteiger partial charge in [0.15, 0.2) is 0 Å². The van der Waals surface area contributed by atoms with E-state index in [1.807, 2.05) is 18.2 Å². The molecule has 0 spiro atoms. The van der Waals surface area contributed by atoms with Gasteiger partial charge in [0.1, 0.15) is 11.4 Å². The van der Waals surface area contributed by atoms with Gasteiger partial charge in [0, 0.05) is 12.6 Å². The van der Waals surface area contributed by atoms with Crippen LogP contribution in [0.25, 0.3) is 11.3 Å². The molecule has 112 valence electrons. The fraction of sp³-hybridized carbons (Fsp3) is 0.353. The second-order valence-corrected chi connectivity index (χ2v) is 5.43. The first kappa shape index (κ1) is 15.3. The number of aryl methyl sites for hydroxylation is 1. The van der Waals surface area contributed by atoms with Crippen LogP contribution in [0.2, 0.25) is 0 Å². The third-order valence-corrected chi connectivity index (χ3v) is 3.50. The number of rotatable bonds is 5. The molecule has 0 atom stereocenters. The van der Waals surface area contributed by atoms with Gasteiger partial charge in [0.2, 0.25) is 0 Å². The Labute approximate surface area is 126 Å². The van der Waals surface area contributed by atoms with Crippen molar-refractivity contribution in [1.82, 2.24) is 4.90 Å². The van der Waals surface area contributed by atoms with Crippen LogP contribution in [0.3, 0.4) is 0 Å². The lowest BCUT2D eigenvalue weighted by atomic mass is 9.98. The van der Waals surface area contributed by atoms with E-state index in [1.165, 1.54) is 11.1 Å². The average Bonchev–Trinajstić information content (AvgIpc) is 2.46. The fourth-order valence-corrected chi connectivity index (χ4v) is 2.51. The molecule has 0 bridgehead atoms. The van der Waals surface area contributed by atoms with Gasteiger partial charge in [-0.25, -0.2) is 4.98 Å². The van der Waals surface area contributed by atoms with Gasteiger partial charge in [0.05, 0.1) is 12.7 Å². The van der Waals surface area contributed by atoms with E-state index in [0.29, 0.717) is 5.82 Å². The Kier molecular flexibility index (Phi) is 4.81. The third kappa shape index (κ3) is 3.52. The molecule has 4 heteroatoms. The lowest BCUT2D eigenvalue weighted by Gasteiger charge is -2.17. The molecular weight excluding hydrogens is 262 g/mol. The van der Waals surface area contributed by atoms with E-state index in [1.54, 1.807) is 7.11 Å². The number of aromatic nitrogens is 1. The van der Waals surface area contributed by atoms with E-state index in [-0.39, 0.29) is 0 Å². The number of pyridine rings is 1.